The number of fused-ring (bicyclic) bond motifs is 2. The lowest BCUT2D eigenvalue weighted by Gasteiger charge is -2.62. The molecule has 0 aromatic carbocycles. The van der Waals surface area contributed by atoms with Crippen LogP contribution in [0.15, 0.2) is 11.6 Å². The highest BCUT2D eigenvalue weighted by molar-refractivity contribution is 5.80. The molecule has 3 aliphatic carbocycles. The quantitative estimate of drug-likeness (QED) is 0.593. The van der Waals surface area contributed by atoms with Crippen LogP contribution in [0.5, 0.6) is 0 Å². The van der Waals surface area contributed by atoms with Gasteiger partial charge in [0.25, 0.3) is 0 Å². The Morgan fingerprint density at radius 1 is 1.43 bits per heavy atom. The van der Waals surface area contributed by atoms with Gasteiger partial charge in [-0.1, -0.05) is 19.9 Å². The number of ketones is 1. The molecule has 6 atom stereocenters. The van der Waals surface area contributed by atoms with Crippen molar-refractivity contribution in [1.82, 2.24) is 4.90 Å². The summed E-state index contributed by atoms with van der Waals surface area (Å²) in [6.07, 6.45) is 6.87. The molecule has 2 saturated carbocycles. The minimum Gasteiger partial charge on any atom is -0.465 e. The lowest BCUT2D eigenvalue weighted by Crippen LogP contribution is -2.68. The summed E-state index contributed by atoms with van der Waals surface area (Å²) >= 11 is 0. The van der Waals surface area contributed by atoms with Gasteiger partial charge in [-0.05, 0) is 50.6 Å². The molecule has 154 valence electrons. The van der Waals surface area contributed by atoms with E-state index in [2.05, 4.69) is 18.0 Å². The van der Waals surface area contributed by atoms with E-state index in [9.17, 15) is 14.7 Å². The molecule has 0 amide bonds. The van der Waals surface area contributed by atoms with E-state index in [0.717, 1.165) is 38.8 Å². The first-order valence-corrected chi connectivity index (χ1v) is 11.0. The predicted molar refractivity (Wildman–Crippen MR) is 104 cm³/mol. The number of hydrogen-bond donors (Lipinski definition) is 1. The number of hydrogen-bond acceptors (Lipinski definition) is 5. The number of nitrogens with zero attached hydrogens (tertiary/aromatic N) is 1. The maximum atomic E-state index is 13.0. The molecule has 1 spiro atoms. The van der Waals surface area contributed by atoms with Gasteiger partial charge < -0.3 is 14.7 Å². The summed E-state index contributed by atoms with van der Waals surface area (Å²) in [5.41, 5.74) is -0.443. The summed E-state index contributed by atoms with van der Waals surface area (Å²) in [6, 6.07) is 0. The number of piperidine rings is 1. The highest BCUT2D eigenvalue weighted by Crippen LogP contribution is 2.74. The van der Waals surface area contributed by atoms with Crippen molar-refractivity contribution in [3.05, 3.63) is 11.6 Å². The lowest BCUT2D eigenvalue weighted by atomic mass is 9.48. The third-order valence-corrected chi connectivity index (χ3v) is 9.23. The van der Waals surface area contributed by atoms with Crippen LogP contribution in [0.25, 0.3) is 0 Å². The van der Waals surface area contributed by atoms with Crippen LogP contribution >= 0.6 is 0 Å². The largest absolute Gasteiger partial charge is 0.465 e. The number of allylic oxidation sites excluding steroid dienone is 1. The maximum Gasteiger partial charge on any atom is 0.309 e. The molecule has 5 heteroatoms. The Morgan fingerprint density at radius 3 is 2.96 bits per heavy atom. The summed E-state index contributed by atoms with van der Waals surface area (Å²) in [5.74, 6) is 0.239. The number of carbonyl (C=O) groups excluding carboxylic acids is 2. The van der Waals surface area contributed by atoms with Gasteiger partial charge in [-0.25, -0.2) is 0 Å². The number of carbonyl (C=O) groups is 2. The summed E-state index contributed by atoms with van der Waals surface area (Å²) in [4.78, 5) is 27.9. The van der Waals surface area contributed by atoms with E-state index in [1.165, 1.54) is 5.57 Å². The Labute approximate surface area is 167 Å². The van der Waals surface area contributed by atoms with Crippen molar-refractivity contribution in [2.24, 2.45) is 34.5 Å². The standard InChI is InChI=1S/C23H33NO4/c1-14(2)19(25)8-9-21-13-28-20(26)17-10-22(21)12-24(3)11-16(21)5-4-15-6-7-18(17)23(15,22)27/h6,14,16-18,27H,4-5,7-13H2,1-3H3. The van der Waals surface area contributed by atoms with E-state index in [1.54, 1.807) is 0 Å². The molecular weight excluding hydrogens is 354 g/mol. The van der Waals surface area contributed by atoms with Crippen LogP contribution in [0.1, 0.15) is 52.4 Å². The van der Waals surface area contributed by atoms with Crippen LogP contribution in [-0.4, -0.2) is 54.1 Å². The second-order valence-corrected chi connectivity index (χ2v) is 10.5. The zero-order valence-corrected chi connectivity index (χ0v) is 17.4. The lowest BCUT2D eigenvalue weighted by molar-refractivity contribution is -0.207. The predicted octanol–water partition coefficient (Wildman–Crippen LogP) is 2.57. The molecule has 0 aromatic heterocycles. The Bertz CT molecular complexity index is 760. The molecular formula is C23H33NO4. The minimum absolute atomic E-state index is 0.0182. The molecule has 5 rings (SSSR count). The smallest absolute Gasteiger partial charge is 0.309 e. The Balaban J connectivity index is 1.69. The fourth-order valence-electron chi connectivity index (χ4n) is 7.97. The molecule has 2 saturated heterocycles. The second-order valence-electron chi connectivity index (χ2n) is 10.5. The zero-order valence-electron chi connectivity index (χ0n) is 17.4. The summed E-state index contributed by atoms with van der Waals surface area (Å²) in [7, 11) is 2.15. The average molecular weight is 388 g/mol. The number of Topliss-reactive ketones (excluding diaryl/α,β-unsaturated/α-hetero) is 1. The Kier molecular flexibility index (Phi) is 3.97. The number of likely N-dealkylation sites (tertiary alicyclic amines) is 1. The van der Waals surface area contributed by atoms with Crippen molar-refractivity contribution in [2.45, 2.75) is 58.0 Å². The molecule has 5 nitrogen and oxygen atoms in total. The summed E-state index contributed by atoms with van der Waals surface area (Å²) < 4.78 is 5.93. The molecule has 28 heavy (non-hydrogen) atoms. The number of ether oxygens (including phenoxy) is 1. The van der Waals surface area contributed by atoms with Crippen LogP contribution in [-0.2, 0) is 14.3 Å². The van der Waals surface area contributed by atoms with E-state index in [0.29, 0.717) is 25.4 Å². The van der Waals surface area contributed by atoms with E-state index < -0.39 is 11.0 Å². The first-order chi connectivity index (χ1) is 13.2. The van der Waals surface area contributed by atoms with Gasteiger partial charge in [-0.2, -0.15) is 0 Å². The second kappa shape index (κ2) is 5.91. The van der Waals surface area contributed by atoms with Crippen molar-refractivity contribution < 1.29 is 19.4 Å². The van der Waals surface area contributed by atoms with Gasteiger partial charge in [0.2, 0.25) is 0 Å². The van der Waals surface area contributed by atoms with Crippen LogP contribution in [0, 0.1) is 34.5 Å². The van der Waals surface area contributed by atoms with Crippen LogP contribution in [0.3, 0.4) is 0 Å². The van der Waals surface area contributed by atoms with E-state index in [4.69, 9.17) is 4.74 Å². The van der Waals surface area contributed by atoms with Gasteiger partial charge in [0, 0.05) is 42.2 Å². The van der Waals surface area contributed by atoms with Crippen molar-refractivity contribution in [1.29, 1.82) is 0 Å². The number of aliphatic hydroxyl groups is 1. The molecule has 5 aliphatic rings. The van der Waals surface area contributed by atoms with Crippen molar-refractivity contribution in [3.8, 4) is 0 Å². The summed E-state index contributed by atoms with van der Waals surface area (Å²) in [5, 5.41) is 12.4. The maximum absolute atomic E-state index is 13.0. The molecule has 2 heterocycles. The van der Waals surface area contributed by atoms with Crippen molar-refractivity contribution >= 4 is 11.8 Å². The van der Waals surface area contributed by atoms with Crippen molar-refractivity contribution in [3.63, 3.8) is 0 Å². The third-order valence-electron chi connectivity index (χ3n) is 9.23. The van der Waals surface area contributed by atoms with Crippen LogP contribution in [0.2, 0.25) is 0 Å². The summed E-state index contributed by atoms with van der Waals surface area (Å²) in [6.45, 7) is 6.03. The third kappa shape index (κ3) is 2.05. The fraction of sp³-hybridized carbons (Fsp3) is 0.826. The Morgan fingerprint density at radius 2 is 2.21 bits per heavy atom. The minimum atomic E-state index is -0.915. The molecule has 0 radical (unpaired) electrons. The van der Waals surface area contributed by atoms with E-state index in [1.807, 2.05) is 13.8 Å². The molecule has 2 aliphatic heterocycles. The SMILES string of the molecule is CC(C)C(=O)CCC12COC(=O)C3CC14CN(C)CC2CCC1=CCC3C14O. The normalized spacial score (nSPS) is 46.8. The van der Waals surface area contributed by atoms with Gasteiger partial charge in [-0.3, -0.25) is 9.59 Å². The van der Waals surface area contributed by atoms with Gasteiger partial charge in [0.15, 0.2) is 0 Å². The van der Waals surface area contributed by atoms with Gasteiger partial charge >= 0.3 is 5.97 Å². The van der Waals surface area contributed by atoms with Crippen LogP contribution < -0.4 is 0 Å². The average Bonchev–Trinajstić information content (AvgIpc) is 3.03. The number of esters is 1. The molecule has 4 fully saturated rings. The van der Waals surface area contributed by atoms with Gasteiger partial charge in [0.1, 0.15) is 5.78 Å². The molecule has 3 bridgehead atoms. The highest BCUT2D eigenvalue weighted by Gasteiger charge is 2.78. The molecule has 1 N–H and O–H groups in total. The van der Waals surface area contributed by atoms with Crippen molar-refractivity contribution in [2.75, 3.05) is 26.7 Å². The Hall–Kier alpha value is -1.20. The van der Waals surface area contributed by atoms with Gasteiger partial charge in [0.05, 0.1) is 18.1 Å². The number of cyclic esters (lactones) is 1. The number of rotatable bonds is 4. The highest BCUT2D eigenvalue weighted by atomic mass is 16.5. The first kappa shape index (κ1) is 18.8. The van der Waals surface area contributed by atoms with Gasteiger partial charge in [-0.15, -0.1) is 0 Å². The zero-order chi connectivity index (χ0) is 19.9. The first-order valence-electron chi connectivity index (χ1n) is 11.0. The molecule has 6 unspecified atom stereocenters. The van der Waals surface area contributed by atoms with Crippen LogP contribution in [0.4, 0.5) is 0 Å². The topological polar surface area (TPSA) is 66.8 Å². The fourth-order valence-corrected chi connectivity index (χ4v) is 7.97. The monoisotopic (exact) mass is 387 g/mol. The van der Waals surface area contributed by atoms with E-state index >= 15 is 0 Å². The van der Waals surface area contributed by atoms with E-state index in [-0.39, 0.29) is 34.9 Å². The molecule has 0 aromatic rings.